The molecule has 0 amide bonds. The molecule has 3 nitrogen and oxygen atoms in total. The Morgan fingerprint density at radius 2 is 2.24 bits per heavy atom. The molecule has 1 unspecified atom stereocenters. The third-order valence-corrected chi connectivity index (χ3v) is 3.99. The van der Waals surface area contributed by atoms with Crippen LogP contribution in [0.4, 0.5) is 0 Å². The van der Waals surface area contributed by atoms with E-state index in [0.29, 0.717) is 0 Å². The lowest BCUT2D eigenvalue weighted by molar-refractivity contribution is 0.519. The molecule has 2 aromatic rings. The zero-order valence-corrected chi connectivity index (χ0v) is 12.1. The summed E-state index contributed by atoms with van der Waals surface area (Å²) < 4.78 is 3.16. The van der Waals surface area contributed by atoms with Gasteiger partial charge in [-0.3, -0.25) is 0 Å². The fourth-order valence-corrected chi connectivity index (χ4v) is 2.63. The molecule has 0 aliphatic heterocycles. The summed E-state index contributed by atoms with van der Waals surface area (Å²) in [6.07, 6.45) is 4.16. The number of rotatable bonds is 2. The highest BCUT2D eigenvalue weighted by Gasteiger charge is 2.42. The van der Waals surface area contributed by atoms with Crippen molar-refractivity contribution >= 4 is 38.7 Å². The van der Waals surface area contributed by atoms with Crippen molar-refractivity contribution in [1.82, 2.24) is 14.5 Å². The van der Waals surface area contributed by atoms with Gasteiger partial charge in [0.1, 0.15) is 11.3 Å². The first-order chi connectivity index (χ1) is 8.01. The van der Waals surface area contributed by atoms with Crippen molar-refractivity contribution in [1.29, 1.82) is 0 Å². The van der Waals surface area contributed by atoms with Gasteiger partial charge in [0.05, 0.1) is 5.38 Å². The molecule has 0 bridgehead atoms. The van der Waals surface area contributed by atoms with Gasteiger partial charge in [-0.2, -0.15) is 0 Å². The first-order valence-electron chi connectivity index (χ1n) is 5.70. The molecule has 3 rings (SSSR count). The number of nitrogens with zero attached hydrogens (tertiary/aromatic N) is 3. The van der Waals surface area contributed by atoms with Gasteiger partial charge in [0.2, 0.25) is 0 Å². The van der Waals surface area contributed by atoms with E-state index in [4.69, 9.17) is 11.6 Å². The highest BCUT2D eigenvalue weighted by molar-refractivity contribution is 9.10. The van der Waals surface area contributed by atoms with Gasteiger partial charge >= 0.3 is 0 Å². The molecule has 0 N–H and O–H groups in total. The lowest BCUT2D eigenvalue weighted by Gasteiger charge is -2.16. The summed E-state index contributed by atoms with van der Waals surface area (Å²) in [6, 6.07) is 1.99. The molecule has 0 radical (unpaired) electrons. The quantitative estimate of drug-likeness (QED) is 0.784. The summed E-state index contributed by atoms with van der Waals surface area (Å²) in [4.78, 5) is 9.10. The van der Waals surface area contributed by atoms with Crippen molar-refractivity contribution in [3.63, 3.8) is 0 Å². The summed E-state index contributed by atoms with van der Waals surface area (Å²) in [5.41, 5.74) is 2.01. The average Bonchev–Trinajstić information content (AvgIpc) is 2.88. The van der Waals surface area contributed by atoms with E-state index < -0.39 is 0 Å². The topological polar surface area (TPSA) is 30.7 Å². The summed E-state index contributed by atoms with van der Waals surface area (Å²) in [5.74, 6) is 0.923. The van der Waals surface area contributed by atoms with Crippen LogP contribution in [0.15, 0.2) is 16.7 Å². The van der Waals surface area contributed by atoms with Crippen LogP contribution in [0.3, 0.4) is 0 Å². The van der Waals surface area contributed by atoms with E-state index in [1.54, 1.807) is 0 Å². The van der Waals surface area contributed by atoms with Crippen molar-refractivity contribution in [2.45, 2.75) is 37.6 Å². The Hall–Kier alpha value is -0.610. The normalized spacial score (nSPS) is 19.5. The predicted molar refractivity (Wildman–Crippen MR) is 72.4 cm³/mol. The van der Waals surface area contributed by atoms with Crippen LogP contribution in [0, 0.1) is 0 Å². The largest absolute Gasteiger partial charge is 0.306 e. The maximum Gasteiger partial charge on any atom is 0.160 e. The highest BCUT2D eigenvalue weighted by atomic mass is 79.9. The Balaban J connectivity index is 2.32. The van der Waals surface area contributed by atoms with E-state index in [-0.39, 0.29) is 10.9 Å². The van der Waals surface area contributed by atoms with E-state index in [2.05, 4.69) is 37.4 Å². The molecular formula is C12H13BrClN3. The second kappa shape index (κ2) is 3.69. The lowest BCUT2D eigenvalue weighted by atomic mass is 10.3. The Morgan fingerprint density at radius 1 is 1.53 bits per heavy atom. The third kappa shape index (κ3) is 1.78. The molecule has 0 aromatic carbocycles. The fourth-order valence-electron chi connectivity index (χ4n) is 2.16. The number of fused-ring (bicyclic) bond motifs is 1. The van der Waals surface area contributed by atoms with Crippen molar-refractivity contribution in [2.75, 3.05) is 0 Å². The Kier molecular flexibility index (Phi) is 2.49. The monoisotopic (exact) mass is 313 g/mol. The zero-order chi connectivity index (χ0) is 12.2. The SMILES string of the molecule is CC(Cl)c1nc2cc(Br)cnc2n1C1(C)CC1. The first kappa shape index (κ1) is 11.5. The molecule has 1 atom stereocenters. The number of hydrogen-bond acceptors (Lipinski definition) is 2. The van der Waals surface area contributed by atoms with Crippen LogP contribution in [0.2, 0.25) is 0 Å². The average molecular weight is 315 g/mol. The maximum atomic E-state index is 6.23. The Labute approximate surface area is 113 Å². The van der Waals surface area contributed by atoms with Crippen molar-refractivity contribution < 1.29 is 0 Å². The number of imidazole rings is 1. The van der Waals surface area contributed by atoms with Crippen molar-refractivity contribution in [3.8, 4) is 0 Å². The minimum absolute atomic E-state index is 0.0969. The molecular weight excluding hydrogens is 302 g/mol. The zero-order valence-electron chi connectivity index (χ0n) is 9.74. The lowest BCUT2D eigenvalue weighted by Crippen LogP contribution is -2.16. The van der Waals surface area contributed by atoms with E-state index in [0.717, 1.165) is 21.5 Å². The molecule has 2 aromatic heterocycles. The van der Waals surface area contributed by atoms with Crippen molar-refractivity contribution in [3.05, 3.63) is 22.6 Å². The van der Waals surface area contributed by atoms with Crippen molar-refractivity contribution in [2.24, 2.45) is 0 Å². The summed E-state index contributed by atoms with van der Waals surface area (Å²) >= 11 is 9.66. The molecule has 0 spiro atoms. The van der Waals surface area contributed by atoms with Crippen LogP contribution in [0.5, 0.6) is 0 Å². The van der Waals surface area contributed by atoms with Gasteiger partial charge in [0, 0.05) is 16.2 Å². The highest BCUT2D eigenvalue weighted by Crippen LogP contribution is 2.46. The number of halogens is 2. The van der Waals surface area contributed by atoms with E-state index in [1.807, 2.05) is 19.2 Å². The fraction of sp³-hybridized carbons (Fsp3) is 0.500. The van der Waals surface area contributed by atoms with E-state index in [1.165, 1.54) is 12.8 Å². The van der Waals surface area contributed by atoms with Crippen LogP contribution in [-0.2, 0) is 5.54 Å². The van der Waals surface area contributed by atoms with Gasteiger partial charge in [-0.15, -0.1) is 11.6 Å². The van der Waals surface area contributed by atoms with Gasteiger partial charge in [0.25, 0.3) is 0 Å². The van der Waals surface area contributed by atoms with Gasteiger partial charge in [-0.25, -0.2) is 9.97 Å². The molecule has 90 valence electrons. The molecule has 1 aliphatic rings. The number of alkyl halides is 1. The van der Waals surface area contributed by atoms with Gasteiger partial charge < -0.3 is 4.57 Å². The minimum atomic E-state index is -0.0969. The number of pyridine rings is 1. The molecule has 2 heterocycles. The predicted octanol–water partition coefficient (Wildman–Crippen LogP) is 4.00. The van der Waals surface area contributed by atoms with Crippen LogP contribution in [-0.4, -0.2) is 14.5 Å². The van der Waals surface area contributed by atoms with Crippen LogP contribution < -0.4 is 0 Å². The smallest absolute Gasteiger partial charge is 0.160 e. The Bertz CT molecular complexity index is 587. The maximum absolute atomic E-state index is 6.23. The van der Waals surface area contributed by atoms with Gasteiger partial charge in [-0.1, -0.05) is 0 Å². The van der Waals surface area contributed by atoms with E-state index in [9.17, 15) is 0 Å². The minimum Gasteiger partial charge on any atom is -0.306 e. The van der Waals surface area contributed by atoms with Gasteiger partial charge in [-0.05, 0) is 48.7 Å². The van der Waals surface area contributed by atoms with Crippen LogP contribution in [0.25, 0.3) is 11.2 Å². The standard InChI is InChI=1S/C12H13BrClN3/c1-7(14)10-16-9-5-8(13)6-15-11(9)17(10)12(2)3-4-12/h5-7H,3-4H2,1-2H3. The van der Waals surface area contributed by atoms with Crippen LogP contribution >= 0.6 is 27.5 Å². The Morgan fingerprint density at radius 3 is 2.82 bits per heavy atom. The van der Waals surface area contributed by atoms with Crippen LogP contribution in [0.1, 0.15) is 37.9 Å². The first-order valence-corrected chi connectivity index (χ1v) is 6.93. The molecule has 5 heteroatoms. The van der Waals surface area contributed by atoms with E-state index >= 15 is 0 Å². The molecule has 0 saturated heterocycles. The van der Waals surface area contributed by atoms with Gasteiger partial charge in [0.15, 0.2) is 5.65 Å². The third-order valence-electron chi connectivity index (χ3n) is 3.36. The second-order valence-corrected chi connectivity index (χ2v) is 6.48. The number of hydrogen-bond donors (Lipinski definition) is 0. The summed E-state index contributed by atoms with van der Waals surface area (Å²) in [5, 5.41) is -0.0969. The molecule has 1 fully saturated rings. The summed E-state index contributed by atoms with van der Waals surface area (Å²) in [6.45, 7) is 4.20. The molecule has 1 aliphatic carbocycles. The summed E-state index contributed by atoms with van der Waals surface area (Å²) in [7, 11) is 0. The molecule has 17 heavy (non-hydrogen) atoms. The number of aromatic nitrogens is 3. The second-order valence-electron chi connectivity index (χ2n) is 4.91. The molecule has 1 saturated carbocycles.